The third-order valence-electron chi connectivity index (χ3n) is 3.25. The van der Waals surface area contributed by atoms with Gasteiger partial charge in [0, 0.05) is 0 Å². The summed E-state index contributed by atoms with van der Waals surface area (Å²) in [7, 11) is -3.68. The van der Waals surface area contributed by atoms with Crippen LogP contribution >= 0.6 is 0 Å². The predicted molar refractivity (Wildman–Crippen MR) is 86.2 cm³/mol. The normalized spacial score (nSPS) is 12.5. The van der Waals surface area contributed by atoms with Crippen molar-refractivity contribution in [1.29, 1.82) is 0 Å². The van der Waals surface area contributed by atoms with Gasteiger partial charge in [-0.2, -0.15) is 13.2 Å². The van der Waals surface area contributed by atoms with Gasteiger partial charge in [0.2, 0.25) is 9.84 Å². The summed E-state index contributed by atoms with van der Waals surface area (Å²) in [4.78, 5) is 1.86. The molecule has 8 heteroatoms. The maximum Gasteiger partial charge on any atom is 0.417 e. The van der Waals surface area contributed by atoms with E-state index in [4.69, 9.17) is 11.3 Å². The van der Waals surface area contributed by atoms with Crippen LogP contribution in [0.25, 0.3) is 10.9 Å². The minimum Gasteiger partial charge on any atom is -0.495 e. The highest BCUT2D eigenvalue weighted by atomic mass is 32.2. The average molecular weight is 367 g/mol. The van der Waals surface area contributed by atoms with Gasteiger partial charge in [0.05, 0.1) is 19.2 Å². The second-order valence-corrected chi connectivity index (χ2v) is 6.68. The van der Waals surface area contributed by atoms with E-state index in [9.17, 15) is 21.6 Å². The maximum absolute atomic E-state index is 13.3. The van der Waals surface area contributed by atoms with E-state index in [1.165, 1.54) is 12.1 Å². The Morgan fingerprint density at radius 2 is 1.76 bits per heavy atom. The number of methoxy groups -OCH3 is 1. The Morgan fingerprint density at radius 1 is 1.12 bits per heavy atom. The minimum atomic E-state index is -4.92. The Labute approximate surface area is 142 Å². The van der Waals surface area contributed by atoms with Gasteiger partial charge in [-0.15, -0.1) is 0 Å². The van der Waals surface area contributed by atoms with Gasteiger partial charge in [-0.1, -0.05) is 36.4 Å². The average Bonchev–Trinajstić information content (AvgIpc) is 2.58. The van der Waals surface area contributed by atoms with Crippen LogP contribution in [0.3, 0.4) is 0 Å². The molecule has 0 heterocycles. The molecule has 0 aliphatic heterocycles. The largest absolute Gasteiger partial charge is 0.495 e. The van der Waals surface area contributed by atoms with Crippen LogP contribution in [0.15, 0.2) is 58.5 Å². The van der Waals surface area contributed by atoms with E-state index in [-0.39, 0.29) is 0 Å². The number of sulfone groups is 1. The Hall–Kier alpha value is -2.79. The second-order valence-electron chi connectivity index (χ2n) is 4.84. The summed E-state index contributed by atoms with van der Waals surface area (Å²) in [6.07, 6.45) is -3.90. The number of nitrogens with zero attached hydrogens (tertiary/aromatic N) is 1. The lowest BCUT2D eigenvalue weighted by molar-refractivity contribution is -0.140. The molecule has 0 unspecified atom stereocenters. The van der Waals surface area contributed by atoms with Gasteiger partial charge in [0.15, 0.2) is 0 Å². The van der Waals surface area contributed by atoms with Gasteiger partial charge in [-0.3, -0.25) is 0 Å². The molecule has 0 atom stereocenters. The molecule has 2 aromatic carbocycles. The van der Waals surface area contributed by atoms with Crippen LogP contribution < -0.4 is 4.74 Å². The van der Waals surface area contributed by atoms with Crippen molar-refractivity contribution >= 4 is 15.9 Å². The third kappa shape index (κ3) is 3.83. The first kappa shape index (κ1) is 18.5. The maximum atomic E-state index is 13.3. The topological polar surface area (TPSA) is 47.7 Å². The first-order valence-corrected chi connectivity index (χ1v) is 8.33. The van der Waals surface area contributed by atoms with Crippen molar-refractivity contribution in [3.63, 3.8) is 0 Å². The molecule has 0 bridgehead atoms. The van der Waals surface area contributed by atoms with E-state index >= 15 is 0 Å². The zero-order valence-electron chi connectivity index (χ0n) is 12.9. The number of hydrogen-bond acceptors (Lipinski definition) is 3. The van der Waals surface area contributed by atoms with Crippen LogP contribution in [0, 0.1) is 6.57 Å². The van der Waals surface area contributed by atoms with Gasteiger partial charge < -0.3 is 4.74 Å². The fourth-order valence-corrected chi connectivity index (χ4v) is 3.65. The summed E-state index contributed by atoms with van der Waals surface area (Å²) in [5.41, 5.74) is -1.00. The summed E-state index contributed by atoms with van der Waals surface area (Å²) >= 11 is 0. The van der Waals surface area contributed by atoms with Crippen molar-refractivity contribution in [2.45, 2.75) is 11.1 Å². The lowest BCUT2D eigenvalue weighted by Crippen LogP contribution is -2.15. The molecule has 25 heavy (non-hydrogen) atoms. The van der Waals surface area contributed by atoms with Crippen molar-refractivity contribution in [3.05, 3.63) is 76.1 Å². The number of halogens is 3. The number of benzene rings is 2. The minimum absolute atomic E-state index is 0.375. The number of ether oxygens (including phenoxy) is 1. The smallest absolute Gasteiger partial charge is 0.417 e. The predicted octanol–water partition coefficient (Wildman–Crippen LogP) is 4.41. The van der Waals surface area contributed by atoms with E-state index in [1.807, 2.05) is 0 Å². The van der Waals surface area contributed by atoms with Gasteiger partial charge in [0.1, 0.15) is 10.6 Å². The number of rotatable bonds is 4. The molecule has 2 rings (SSSR count). The van der Waals surface area contributed by atoms with E-state index in [0.29, 0.717) is 11.6 Å². The summed E-state index contributed by atoms with van der Waals surface area (Å²) in [6.45, 7) is 7.12. The highest BCUT2D eigenvalue weighted by molar-refractivity contribution is 7.95. The van der Waals surface area contributed by atoms with Crippen molar-refractivity contribution in [1.82, 2.24) is 0 Å². The lowest BCUT2D eigenvalue weighted by Gasteiger charge is -2.16. The lowest BCUT2D eigenvalue weighted by atomic mass is 10.2. The molecule has 0 aliphatic carbocycles. The molecule has 0 radical (unpaired) electrons. The molecular formula is C17H12F3NO3S. The number of hydrogen-bond donors (Lipinski definition) is 0. The van der Waals surface area contributed by atoms with Gasteiger partial charge in [-0.25, -0.2) is 13.3 Å². The van der Waals surface area contributed by atoms with Crippen molar-refractivity contribution < 1.29 is 26.3 Å². The number of alkyl halides is 3. The van der Waals surface area contributed by atoms with E-state index in [1.54, 1.807) is 18.2 Å². The fourth-order valence-electron chi connectivity index (χ4n) is 2.14. The van der Waals surface area contributed by atoms with Crippen molar-refractivity contribution in [2.24, 2.45) is 0 Å². The molecule has 2 aromatic rings. The Morgan fingerprint density at radius 3 is 2.28 bits per heavy atom. The molecule has 0 aliphatic rings. The molecule has 4 nitrogen and oxygen atoms in total. The van der Waals surface area contributed by atoms with Crippen LogP contribution in [-0.4, -0.2) is 15.5 Å². The van der Waals surface area contributed by atoms with Crippen LogP contribution in [-0.2, 0) is 16.0 Å². The van der Waals surface area contributed by atoms with Gasteiger partial charge >= 0.3 is 6.18 Å². The van der Waals surface area contributed by atoms with Crippen molar-refractivity contribution in [2.75, 3.05) is 7.11 Å². The standard InChI is InChI=1S/C17H12F3NO3S/c1-21-15(11-12-7-4-3-5-8-12)25(22,23)16-13(17(18,19)20)9-6-10-14(16)24-2/h3-11H,2H3/b15-11+. The molecule has 0 amide bonds. The summed E-state index contributed by atoms with van der Waals surface area (Å²) < 4.78 is 70.1. The highest BCUT2D eigenvalue weighted by Crippen LogP contribution is 2.41. The van der Waals surface area contributed by atoms with Crippen LogP contribution in [0.2, 0.25) is 0 Å². The Kier molecular flexibility index (Phi) is 5.18. The molecule has 0 N–H and O–H groups in total. The monoisotopic (exact) mass is 367 g/mol. The fraction of sp³-hybridized carbons (Fsp3) is 0.118. The van der Waals surface area contributed by atoms with Crippen LogP contribution in [0.1, 0.15) is 11.1 Å². The van der Waals surface area contributed by atoms with Crippen molar-refractivity contribution in [3.8, 4) is 5.75 Å². The van der Waals surface area contributed by atoms with E-state index in [0.717, 1.165) is 25.3 Å². The zero-order chi connectivity index (χ0) is 18.7. The molecule has 130 valence electrons. The molecule has 0 spiro atoms. The first-order valence-electron chi connectivity index (χ1n) is 6.85. The summed E-state index contributed by atoms with van der Waals surface area (Å²) in [5.74, 6) is -0.475. The van der Waals surface area contributed by atoms with E-state index < -0.39 is 37.3 Å². The summed E-state index contributed by atoms with van der Waals surface area (Å²) in [5, 5.41) is -0.825. The van der Waals surface area contributed by atoms with Crippen LogP contribution in [0.5, 0.6) is 5.75 Å². The molecule has 0 saturated heterocycles. The summed E-state index contributed by atoms with van der Waals surface area (Å²) in [6, 6.07) is 10.8. The van der Waals surface area contributed by atoms with E-state index in [2.05, 4.69) is 4.85 Å². The molecule has 0 aromatic heterocycles. The Bertz CT molecular complexity index is 943. The zero-order valence-corrected chi connectivity index (χ0v) is 13.7. The van der Waals surface area contributed by atoms with Gasteiger partial charge in [-0.05, 0) is 23.8 Å². The second kappa shape index (κ2) is 6.99. The third-order valence-corrected chi connectivity index (χ3v) is 4.97. The van der Waals surface area contributed by atoms with Crippen LogP contribution in [0.4, 0.5) is 13.2 Å². The quantitative estimate of drug-likeness (QED) is 0.753. The molecule has 0 saturated carbocycles. The highest BCUT2D eigenvalue weighted by Gasteiger charge is 2.40. The molecular weight excluding hydrogens is 355 g/mol. The SMILES string of the molecule is [C-]#[N+]/C(=C\c1ccccc1)S(=O)(=O)c1c(OC)cccc1C(F)(F)F. The Balaban J connectivity index is 2.75. The first-order chi connectivity index (χ1) is 11.7. The molecule has 0 fully saturated rings. The van der Waals surface area contributed by atoms with Gasteiger partial charge in [0.25, 0.3) is 5.03 Å².